The molecule has 1 unspecified atom stereocenters. The number of aliphatic carboxylic acids is 1. The van der Waals surface area contributed by atoms with E-state index in [-0.39, 0.29) is 26.1 Å². The number of carbonyl (C=O) groups is 2. The van der Waals surface area contributed by atoms with Crippen molar-refractivity contribution in [2.75, 3.05) is 25.9 Å². The Bertz CT molecular complexity index is 466. The first kappa shape index (κ1) is 16.7. The van der Waals surface area contributed by atoms with Crippen molar-refractivity contribution < 1.29 is 28.2 Å². The van der Waals surface area contributed by atoms with E-state index < -0.39 is 34.2 Å². The lowest BCUT2D eigenvalue weighted by Crippen LogP contribution is -2.46. The smallest absolute Gasteiger partial charge is 0.326 e. The second-order valence-electron chi connectivity index (χ2n) is 4.65. The van der Waals surface area contributed by atoms with Crippen molar-refractivity contribution in [1.29, 1.82) is 0 Å². The van der Waals surface area contributed by atoms with E-state index in [9.17, 15) is 23.1 Å². The zero-order valence-corrected chi connectivity index (χ0v) is 11.9. The van der Waals surface area contributed by atoms with Crippen molar-refractivity contribution in [1.82, 2.24) is 14.9 Å². The number of likely N-dealkylation sites (tertiary alicyclic amines) is 1. The van der Waals surface area contributed by atoms with Gasteiger partial charge in [-0.15, -0.1) is 0 Å². The van der Waals surface area contributed by atoms with Gasteiger partial charge >= 0.3 is 12.0 Å². The lowest BCUT2D eigenvalue weighted by molar-refractivity contribution is -0.141. The van der Waals surface area contributed by atoms with Crippen molar-refractivity contribution in [3.8, 4) is 0 Å². The van der Waals surface area contributed by atoms with E-state index in [0.717, 1.165) is 11.2 Å². The fourth-order valence-corrected chi connectivity index (χ4v) is 2.43. The van der Waals surface area contributed by atoms with E-state index in [4.69, 9.17) is 5.11 Å². The molecule has 10 heteroatoms. The van der Waals surface area contributed by atoms with Gasteiger partial charge in [-0.3, -0.25) is 0 Å². The van der Waals surface area contributed by atoms with Crippen LogP contribution in [0, 0.1) is 0 Å². The summed E-state index contributed by atoms with van der Waals surface area (Å²) in [7, 11) is -3.25. The molecule has 1 saturated heterocycles. The number of carboxylic acid groups (broad SMARTS) is 1. The van der Waals surface area contributed by atoms with Gasteiger partial charge in [0, 0.05) is 26.1 Å². The molecule has 2 atom stereocenters. The van der Waals surface area contributed by atoms with Gasteiger partial charge in [0.2, 0.25) is 10.0 Å². The number of hydrogen-bond acceptors (Lipinski definition) is 5. The highest BCUT2D eigenvalue weighted by molar-refractivity contribution is 7.88. The zero-order valence-electron chi connectivity index (χ0n) is 11.1. The van der Waals surface area contributed by atoms with Crippen molar-refractivity contribution >= 4 is 22.0 Å². The van der Waals surface area contributed by atoms with Gasteiger partial charge in [0.25, 0.3) is 0 Å². The SMILES string of the molecule is CS(=O)(=O)NCCCNC(=O)N1CC(O)C[C@H]1C(=O)O. The molecule has 9 nitrogen and oxygen atoms in total. The summed E-state index contributed by atoms with van der Waals surface area (Å²) in [5, 5.41) is 20.8. The summed E-state index contributed by atoms with van der Waals surface area (Å²) in [6.45, 7) is 0.370. The van der Waals surface area contributed by atoms with Gasteiger partial charge in [-0.05, 0) is 6.42 Å². The van der Waals surface area contributed by atoms with E-state index in [2.05, 4.69) is 10.0 Å². The van der Waals surface area contributed by atoms with E-state index >= 15 is 0 Å². The van der Waals surface area contributed by atoms with Crippen molar-refractivity contribution in [2.45, 2.75) is 25.0 Å². The van der Waals surface area contributed by atoms with E-state index in [1.807, 2.05) is 0 Å². The molecule has 4 N–H and O–H groups in total. The van der Waals surface area contributed by atoms with Crippen LogP contribution in [0.1, 0.15) is 12.8 Å². The van der Waals surface area contributed by atoms with E-state index in [1.54, 1.807) is 0 Å². The van der Waals surface area contributed by atoms with Crippen molar-refractivity contribution in [2.24, 2.45) is 0 Å². The average Bonchev–Trinajstić information content (AvgIpc) is 2.69. The molecule has 1 aliphatic rings. The number of carboxylic acids is 1. The topological polar surface area (TPSA) is 136 Å². The molecular weight excluding hydrogens is 290 g/mol. The van der Waals surface area contributed by atoms with Crippen LogP contribution < -0.4 is 10.0 Å². The lowest BCUT2D eigenvalue weighted by Gasteiger charge is -2.21. The number of carbonyl (C=O) groups excluding carboxylic acids is 1. The number of hydrogen-bond donors (Lipinski definition) is 4. The molecule has 20 heavy (non-hydrogen) atoms. The lowest BCUT2D eigenvalue weighted by atomic mass is 10.2. The minimum Gasteiger partial charge on any atom is -0.480 e. The molecule has 0 spiro atoms. The number of nitrogens with one attached hydrogen (secondary N) is 2. The highest BCUT2D eigenvalue weighted by Crippen LogP contribution is 2.17. The number of aliphatic hydroxyl groups excluding tert-OH is 1. The van der Waals surface area contributed by atoms with Gasteiger partial charge in [0.1, 0.15) is 6.04 Å². The number of sulfonamides is 1. The summed E-state index contributed by atoms with van der Waals surface area (Å²) in [6.07, 6.45) is 0.591. The fraction of sp³-hybridized carbons (Fsp3) is 0.800. The van der Waals surface area contributed by atoms with Crippen molar-refractivity contribution in [3.63, 3.8) is 0 Å². The first-order chi connectivity index (χ1) is 9.20. The zero-order chi connectivity index (χ0) is 15.3. The predicted octanol–water partition coefficient (Wildman–Crippen LogP) is -1.84. The Morgan fingerprint density at radius 3 is 2.55 bits per heavy atom. The second kappa shape index (κ2) is 6.86. The molecule has 0 radical (unpaired) electrons. The summed E-state index contributed by atoms with van der Waals surface area (Å²) >= 11 is 0. The van der Waals surface area contributed by atoms with Crippen LogP contribution in [0.3, 0.4) is 0 Å². The molecule has 0 bridgehead atoms. The summed E-state index contributed by atoms with van der Waals surface area (Å²) in [5.41, 5.74) is 0. The van der Waals surface area contributed by atoms with E-state index in [0.29, 0.717) is 6.42 Å². The van der Waals surface area contributed by atoms with Crippen LogP contribution in [0.15, 0.2) is 0 Å². The molecule has 1 heterocycles. The third-order valence-electron chi connectivity index (χ3n) is 2.82. The Balaban J connectivity index is 2.33. The molecule has 0 aromatic rings. The van der Waals surface area contributed by atoms with Gasteiger partial charge in [0.15, 0.2) is 0 Å². The third-order valence-corrected chi connectivity index (χ3v) is 3.55. The van der Waals surface area contributed by atoms with Gasteiger partial charge < -0.3 is 20.4 Å². The maximum atomic E-state index is 11.8. The van der Waals surface area contributed by atoms with Crippen LogP contribution in [0.2, 0.25) is 0 Å². The maximum Gasteiger partial charge on any atom is 0.326 e. The van der Waals surface area contributed by atoms with Gasteiger partial charge in [-0.1, -0.05) is 0 Å². The van der Waals surface area contributed by atoms with Crippen LogP contribution in [0.5, 0.6) is 0 Å². The highest BCUT2D eigenvalue weighted by Gasteiger charge is 2.38. The van der Waals surface area contributed by atoms with Crippen LogP contribution in [-0.4, -0.2) is 73.6 Å². The van der Waals surface area contributed by atoms with Gasteiger partial charge in [-0.25, -0.2) is 22.7 Å². The summed E-state index contributed by atoms with van der Waals surface area (Å²) in [6, 6.07) is -1.60. The molecule has 0 aromatic heterocycles. The van der Waals surface area contributed by atoms with Gasteiger partial charge in [0.05, 0.1) is 12.4 Å². The summed E-state index contributed by atoms with van der Waals surface area (Å²) in [4.78, 5) is 23.8. The molecule has 0 aromatic carbocycles. The molecule has 0 saturated carbocycles. The van der Waals surface area contributed by atoms with Crippen LogP contribution in [-0.2, 0) is 14.8 Å². The number of nitrogens with zero attached hydrogens (tertiary/aromatic N) is 1. The molecule has 1 aliphatic heterocycles. The molecular formula is C10H19N3O6S. The summed E-state index contributed by atoms with van der Waals surface area (Å²) in [5.74, 6) is -1.16. The predicted molar refractivity (Wildman–Crippen MR) is 69.6 cm³/mol. The Kier molecular flexibility index (Phi) is 5.72. The minimum atomic E-state index is -3.25. The van der Waals surface area contributed by atoms with Gasteiger partial charge in [-0.2, -0.15) is 0 Å². The second-order valence-corrected chi connectivity index (χ2v) is 6.48. The molecule has 116 valence electrons. The van der Waals surface area contributed by atoms with Crippen LogP contribution in [0.4, 0.5) is 4.79 Å². The number of aliphatic hydroxyl groups is 1. The number of urea groups is 1. The minimum absolute atomic E-state index is 0.0123. The van der Waals surface area contributed by atoms with E-state index in [1.165, 1.54) is 0 Å². The third kappa shape index (κ3) is 5.31. The quantitative estimate of drug-likeness (QED) is 0.425. The molecule has 2 amide bonds. The Morgan fingerprint density at radius 2 is 2.00 bits per heavy atom. The van der Waals surface area contributed by atoms with Crippen LogP contribution >= 0.6 is 0 Å². The standard InChI is InChI=1S/C10H19N3O6S/c1-20(18,19)12-4-2-3-11-10(17)13-6-7(14)5-8(13)9(15)16/h7-8,12,14H,2-6H2,1H3,(H,11,17)(H,15,16)/t7?,8-/m0/s1. The average molecular weight is 309 g/mol. The fourth-order valence-electron chi connectivity index (χ4n) is 1.92. The Hall–Kier alpha value is -1.39. The first-order valence-electron chi connectivity index (χ1n) is 6.10. The largest absolute Gasteiger partial charge is 0.480 e. The normalized spacial score (nSPS) is 22.8. The first-order valence-corrected chi connectivity index (χ1v) is 8.00. The number of rotatable bonds is 6. The molecule has 0 aliphatic carbocycles. The maximum absolute atomic E-state index is 11.8. The monoisotopic (exact) mass is 309 g/mol. The molecule has 1 fully saturated rings. The Morgan fingerprint density at radius 1 is 1.35 bits per heavy atom. The van der Waals surface area contributed by atoms with Crippen molar-refractivity contribution in [3.05, 3.63) is 0 Å². The summed E-state index contributed by atoms with van der Waals surface area (Å²) < 4.78 is 23.9. The number of β-amino-alcohol motifs (C(OH)–C–C–N with tert-alkyl or cyclic N) is 1. The van der Waals surface area contributed by atoms with Crippen LogP contribution in [0.25, 0.3) is 0 Å². The highest BCUT2D eigenvalue weighted by atomic mass is 32.2. The Labute approximate surface area is 117 Å². The molecule has 1 rings (SSSR count). The number of amides is 2.